The van der Waals surface area contributed by atoms with E-state index >= 15 is 0 Å². The number of benzene rings is 1. The number of carbonyl (C=O) groups excluding carboxylic acids is 1. The number of hydrogen-bond donors (Lipinski definition) is 5. The summed E-state index contributed by atoms with van der Waals surface area (Å²) in [6, 6.07) is 7.79. The van der Waals surface area contributed by atoms with Gasteiger partial charge in [-0.1, -0.05) is 30.3 Å². The van der Waals surface area contributed by atoms with Crippen LogP contribution in [0, 0.1) is 0 Å². The zero-order valence-corrected chi connectivity index (χ0v) is 14.0. The van der Waals surface area contributed by atoms with Gasteiger partial charge >= 0.3 is 15.2 Å². The third-order valence-corrected chi connectivity index (χ3v) is 4.51. The van der Waals surface area contributed by atoms with Gasteiger partial charge < -0.3 is 25.3 Å². The van der Waals surface area contributed by atoms with E-state index in [1.165, 1.54) is 0 Å². The maximum Gasteiger partial charge on any atom is 0.339 e. The molecule has 0 bridgehead atoms. The fourth-order valence-electron chi connectivity index (χ4n) is 2.17. The number of amides is 1. The summed E-state index contributed by atoms with van der Waals surface area (Å²) in [6.45, 7) is 0. The molecule has 0 saturated carbocycles. The van der Waals surface area contributed by atoms with Crippen LogP contribution in [0.1, 0.15) is 12.0 Å². The first-order valence-electron chi connectivity index (χ1n) is 6.64. The fraction of sp³-hybridized carbons (Fsp3) is 0.417. The topological polar surface area (TPSA) is 161 Å². The van der Waals surface area contributed by atoms with Crippen molar-refractivity contribution in [1.82, 2.24) is 4.90 Å². The maximum absolute atomic E-state index is 11.6. The van der Waals surface area contributed by atoms with Crippen LogP contribution in [0.3, 0.4) is 0 Å². The molecule has 0 aliphatic rings. The summed E-state index contributed by atoms with van der Waals surface area (Å²) >= 11 is 0. The van der Waals surface area contributed by atoms with Crippen LogP contribution >= 0.6 is 15.2 Å². The minimum Gasteiger partial charge on any atom is -0.368 e. The Morgan fingerprint density at radius 2 is 1.52 bits per heavy atom. The molecule has 1 aromatic rings. The molecule has 11 heteroatoms. The highest BCUT2D eigenvalue weighted by molar-refractivity contribution is 7.52. The lowest BCUT2D eigenvalue weighted by Gasteiger charge is -2.29. The molecule has 23 heavy (non-hydrogen) atoms. The van der Waals surface area contributed by atoms with Crippen molar-refractivity contribution in [3.63, 3.8) is 0 Å². The first kappa shape index (κ1) is 20.0. The van der Waals surface area contributed by atoms with Crippen LogP contribution in [-0.4, -0.2) is 49.0 Å². The SMILES string of the molecule is NC(=O)[C@H](CCc1ccccc1)N(CP(=O)(O)O)CP(=O)(O)O. The number of aryl methyl sites for hydroxylation is 1. The minimum atomic E-state index is -4.62. The van der Waals surface area contributed by atoms with Gasteiger partial charge in [0.2, 0.25) is 5.91 Å². The van der Waals surface area contributed by atoms with Gasteiger partial charge in [-0.05, 0) is 18.4 Å². The molecule has 0 radical (unpaired) electrons. The van der Waals surface area contributed by atoms with Crippen LogP contribution in [-0.2, 0) is 20.3 Å². The van der Waals surface area contributed by atoms with Crippen molar-refractivity contribution < 1.29 is 33.5 Å². The van der Waals surface area contributed by atoms with Crippen molar-refractivity contribution >= 4 is 21.1 Å². The van der Waals surface area contributed by atoms with Gasteiger partial charge in [0.05, 0.1) is 6.04 Å². The third-order valence-electron chi connectivity index (χ3n) is 3.05. The molecule has 1 rings (SSSR count). The summed E-state index contributed by atoms with van der Waals surface area (Å²) in [5.74, 6) is -0.900. The van der Waals surface area contributed by atoms with E-state index in [2.05, 4.69) is 0 Å². The summed E-state index contributed by atoms with van der Waals surface area (Å²) in [5.41, 5.74) is 6.12. The van der Waals surface area contributed by atoms with Gasteiger partial charge in [-0.2, -0.15) is 0 Å². The molecule has 0 unspecified atom stereocenters. The Labute approximate surface area is 133 Å². The van der Waals surface area contributed by atoms with E-state index in [1.807, 2.05) is 6.07 Å². The van der Waals surface area contributed by atoms with E-state index in [0.29, 0.717) is 6.42 Å². The molecule has 9 nitrogen and oxygen atoms in total. The predicted octanol–water partition coefficient (Wildman–Crippen LogP) is 0.0455. The Hall–Kier alpha value is -1.05. The third kappa shape index (κ3) is 8.39. The molecule has 6 N–H and O–H groups in total. The monoisotopic (exact) mass is 366 g/mol. The van der Waals surface area contributed by atoms with Crippen LogP contribution in [0.5, 0.6) is 0 Å². The molecule has 0 aliphatic heterocycles. The molecule has 0 aliphatic carbocycles. The largest absolute Gasteiger partial charge is 0.368 e. The van der Waals surface area contributed by atoms with Crippen molar-refractivity contribution in [3.8, 4) is 0 Å². The summed E-state index contributed by atoms with van der Waals surface area (Å²) in [5, 5.41) is 0. The molecule has 0 heterocycles. The van der Waals surface area contributed by atoms with Crippen molar-refractivity contribution in [2.45, 2.75) is 18.9 Å². The van der Waals surface area contributed by atoms with Gasteiger partial charge in [-0.15, -0.1) is 0 Å². The summed E-state index contributed by atoms with van der Waals surface area (Å²) in [7, 11) is -9.24. The number of nitrogens with zero attached hydrogens (tertiary/aromatic N) is 1. The lowest BCUT2D eigenvalue weighted by molar-refractivity contribution is -0.122. The second-order valence-electron chi connectivity index (χ2n) is 5.14. The summed E-state index contributed by atoms with van der Waals surface area (Å²) < 4.78 is 22.4. The molecular weight excluding hydrogens is 346 g/mol. The average Bonchev–Trinajstić information content (AvgIpc) is 2.35. The standard InChI is InChI=1S/C12H20N2O7P2/c13-12(15)11(7-6-10-4-2-1-3-5-10)14(8-22(16,17)18)9-23(19,20)21/h1-5,11H,6-9H2,(H2,13,15)(H2,16,17,18)(H2,19,20,21)/t11-/m0/s1. The number of hydrogen-bond acceptors (Lipinski definition) is 4. The number of nitrogens with two attached hydrogens (primary N) is 1. The zero-order valence-electron chi connectivity index (χ0n) is 12.2. The highest BCUT2D eigenvalue weighted by Gasteiger charge is 2.33. The fourth-order valence-corrected chi connectivity index (χ4v) is 3.87. The van der Waals surface area contributed by atoms with Gasteiger partial charge in [0, 0.05) is 0 Å². The van der Waals surface area contributed by atoms with Crippen LogP contribution in [0.4, 0.5) is 0 Å². The Bertz CT molecular complexity index is 589. The van der Waals surface area contributed by atoms with Crippen molar-refractivity contribution in [1.29, 1.82) is 0 Å². The van der Waals surface area contributed by atoms with Gasteiger partial charge in [0.15, 0.2) is 0 Å². The molecule has 1 amide bonds. The maximum atomic E-state index is 11.6. The molecule has 1 aromatic carbocycles. The molecule has 130 valence electrons. The smallest absolute Gasteiger partial charge is 0.339 e. The van der Waals surface area contributed by atoms with E-state index < -0.39 is 39.7 Å². The van der Waals surface area contributed by atoms with Crippen LogP contribution < -0.4 is 5.73 Å². The lowest BCUT2D eigenvalue weighted by Crippen LogP contribution is -2.45. The van der Waals surface area contributed by atoms with Gasteiger partial charge in [-0.3, -0.25) is 18.8 Å². The highest BCUT2D eigenvalue weighted by Crippen LogP contribution is 2.42. The van der Waals surface area contributed by atoms with E-state index in [1.54, 1.807) is 24.3 Å². The van der Waals surface area contributed by atoms with Crippen LogP contribution in [0.15, 0.2) is 30.3 Å². The molecular formula is C12H20N2O7P2. The Balaban J connectivity index is 2.92. The van der Waals surface area contributed by atoms with Crippen LogP contribution in [0.2, 0.25) is 0 Å². The van der Waals surface area contributed by atoms with Gasteiger partial charge in [0.25, 0.3) is 0 Å². The van der Waals surface area contributed by atoms with E-state index in [-0.39, 0.29) is 6.42 Å². The lowest BCUT2D eigenvalue weighted by atomic mass is 10.0. The molecule has 0 fully saturated rings. The molecule has 0 spiro atoms. The number of rotatable bonds is 9. The first-order chi connectivity index (χ1) is 10.5. The van der Waals surface area contributed by atoms with Gasteiger partial charge in [0.1, 0.15) is 12.6 Å². The zero-order chi connectivity index (χ0) is 17.7. The van der Waals surface area contributed by atoms with E-state index in [4.69, 9.17) is 25.3 Å². The highest BCUT2D eigenvalue weighted by atomic mass is 31.2. The Morgan fingerprint density at radius 1 is 1.04 bits per heavy atom. The first-order valence-corrected chi connectivity index (χ1v) is 10.2. The number of carbonyl (C=O) groups is 1. The quantitative estimate of drug-likeness (QED) is 0.383. The van der Waals surface area contributed by atoms with Crippen molar-refractivity contribution in [2.75, 3.05) is 12.6 Å². The Kier molecular flexibility index (Phi) is 7.10. The molecule has 0 aromatic heterocycles. The minimum absolute atomic E-state index is 0.0827. The van der Waals surface area contributed by atoms with Crippen LogP contribution in [0.25, 0.3) is 0 Å². The second kappa shape index (κ2) is 8.17. The molecule has 0 saturated heterocycles. The van der Waals surface area contributed by atoms with Crippen molar-refractivity contribution in [2.24, 2.45) is 5.73 Å². The summed E-state index contributed by atoms with van der Waals surface area (Å²) in [4.78, 5) is 48.6. The predicted molar refractivity (Wildman–Crippen MR) is 83.4 cm³/mol. The number of primary amides is 1. The molecule has 1 atom stereocenters. The van der Waals surface area contributed by atoms with Gasteiger partial charge in [-0.25, -0.2) is 0 Å². The average molecular weight is 366 g/mol. The Morgan fingerprint density at radius 3 is 1.91 bits per heavy atom. The van der Waals surface area contributed by atoms with E-state index in [0.717, 1.165) is 10.5 Å². The summed E-state index contributed by atoms with van der Waals surface area (Å²) in [6.07, 6.45) is -1.46. The normalized spacial score (nSPS) is 14.0. The van der Waals surface area contributed by atoms with E-state index in [9.17, 15) is 13.9 Å². The van der Waals surface area contributed by atoms with Crippen molar-refractivity contribution in [3.05, 3.63) is 35.9 Å². The second-order valence-corrected chi connectivity index (χ2v) is 8.37.